The number of aryl methyl sites for hydroxylation is 1. The first kappa shape index (κ1) is 18.4. The van der Waals surface area contributed by atoms with Gasteiger partial charge in [0.25, 0.3) is 0 Å². The van der Waals surface area contributed by atoms with Gasteiger partial charge in [0.05, 0.1) is 32.8 Å². The van der Waals surface area contributed by atoms with Crippen LogP contribution in [0, 0.1) is 6.92 Å². The molecule has 24 heavy (non-hydrogen) atoms. The third-order valence-corrected chi connectivity index (χ3v) is 4.95. The number of quaternary nitrogens is 1. The Balaban J connectivity index is 1.85. The van der Waals surface area contributed by atoms with Crippen molar-refractivity contribution in [3.8, 4) is 17.1 Å². The fourth-order valence-corrected chi connectivity index (χ4v) is 2.98. The second-order valence-corrected chi connectivity index (χ2v) is 6.32. The van der Waals surface area contributed by atoms with Crippen LogP contribution in [0.15, 0.2) is 36.7 Å². The quantitative estimate of drug-likeness (QED) is 0.513. The van der Waals surface area contributed by atoms with Crippen molar-refractivity contribution >= 4 is 0 Å². The predicted octanol–water partition coefficient (Wildman–Crippen LogP) is 4.10. The average Bonchev–Trinajstić information content (AvgIpc) is 2.64. The first-order chi connectivity index (χ1) is 11.6. The summed E-state index contributed by atoms with van der Waals surface area (Å²) in [5, 5.41) is 0. The third kappa shape index (κ3) is 4.78. The highest BCUT2D eigenvalue weighted by Crippen LogP contribution is 2.19. The van der Waals surface area contributed by atoms with Crippen molar-refractivity contribution in [2.24, 2.45) is 0 Å². The van der Waals surface area contributed by atoms with Gasteiger partial charge in [-0.1, -0.05) is 0 Å². The lowest BCUT2D eigenvalue weighted by atomic mass is 10.2. The highest BCUT2D eigenvalue weighted by Gasteiger charge is 2.19. The van der Waals surface area contributed by atoms with Gasteiger partial charge >= 0.3 is 0 Å². The molecule has 0 saturated heterocycles. The lowest BCUT2D eigenvalue weighted by Gasteiger charge is -2.35. The molecule has 0 radical (unpaired) electrons. The Morgan fingerprint density at radius 3 is 2.04 bits per heavy atom. The molecule has 0 amide bonds. The molecule has 4 heteroatoms. The van der Waals surface area contributed by atoms with Crippen molar-refractivity contribution < 1.29 is 9.22 Å². The topological polar surface area (TPSA) is 35.0 Å². The maximum absolute atomic E-state index is 5.89. The van der Waals surface area contributed by atoms with Crippen molar-refractivity contribution in [1.82, 2.24) is 9.97 Å². The summed E-state index contributed by atoms with van der Waals surface area (Å²) >= 11 is 0. The Kier molecular flexibility index (Phi) is 6.73. The van der Waals surface area contributed by atoms with E-state index in [4.69, 9.17) is 4.74 Å². The van der Waals surface area contributed by atoms with Crippen molar-refractivity contribution in [3.63, 3.8) is 0 Å². The van der Waals surface area contributed by atoms with Gasteiger partial charge in [-0.2, -0.15) is 0 Å². The molecule has 0 aliphatic rings. The zero-order valence-electron chi connectivity index (χ0n) is 15.5. The van der Waals surface area contributed by atoms with Crippen LogP contribution in [-0.4, -0.2) is 47.2 Å². The van der Waals surface area contributed by atoms with Crippen LogP contribution in [0.25, 0.3) is 11.4 Å². The number of aromatic nitrogens is 2. The number of hydrogen-bond acceptors (Lipinski definition) is 3. The molecule has 0 atom stereocenters. The van der Waals surface area contributed by atoms with Gasteiger partial charge in [0.2, 0.25) is 0 Å². The Bertz CT molecular complexity index is 596. The lowest BCUT2D eigenvalue weighted by Crippen LogP contribution is -2.48. The van der Waals surface area contributed by atoms with Crippen LogP contribution in [-0.2, 0) is 0 Å². The Hall–Kier alpha value is -1.94. The van der Waals surface area contributed by atoms with Crippen LogP contribution in [0.1, 0.15) is 32.8 Å². The third-order valence-electron chi connectivity index (χ3n) is 4.95. The summed E-state index contributed by atoms with van der Waals surface area (Å²) in [5.41, 5.74) is 2.08. The molecule has 1 aromatic carbocycles. The molecular weight excluding hydrogens is 298 g/mol. The molecule has 0 aliphatic heterocycles. The van der Waals surface area contributed by atoms with Gasteiger partial charge in [-0.25, -0.2) is 9.97 Å². The van der Waals surface area contributed by atoms with E-state index in [9.17, 15) is 0 Å². The second kappa shape index (κ2) is 8.78. The molecule has 0 saturated carbocycles. The first-order valence-electron chi connectivity index (χ1n) is 8.99. The average molecular weight is 328 g/mol. The van der Waals surface area contributed by atoms with Crippen molar-refractivity contribution in [2.45, 2.75) is 34.1 Å². The summed E-state index contributed by atoms with van der Waals surface area (Å²) in [4.78, 5) is 8.71. The van der Waals surface area contributed by atoms with Crippen LogP contribution < -0.4 is 4.74 Å². The summed E-state index contributed by atoms with van der Waals surface area (Å²) in [6.45, 7) is 14.3. The maximum atomic E-state index is 5.89. The van der Waals surface area contributed by atoms with E-state index >= 15 is 0 Å². The van der Waals surface area contributed by atoms with Crippen LogP contribution in [0.4, 0.5) is 0 Å². The fourth-order valence-electron chi connectivity index (χ4n) is 2.98. The zero-order chi connectivity index (χ0) is 17.4. The van der Waals surface area contributed by atoms with E-state index in [1.54, 1.807) is 0 Å². The van der Waals surface area contributed by atoms with E-state index in [1.165, 1.54) is 30.7 Å². The van der Waals surface area contributed by atoms with E-state index in [2.05, 4.69) is 30.7 Å². The molecular formula is C20H30N3O+. The standard InChI is InChI=1S/C20H30N3O/c1-5-23(6-2,7-3)13-8-14-24-19-11-9-18(10-12-19)20-21-15-17(4)16-22-20/h9-12,15-16H,5-8,13-14H2,1-4H3/q+1. The van der Waals surface area contributed by atoms with Crippen molar-refractivity contribution in [2.75, 3.05) is 32.8 Å². The second-order valence-electron chi connectivity index (χ2n) is 6.32. The summed E-state index contributed by atoms with van der Waals surface area (Å²) < 4.78 is 7.07. The van der Waals surface area contributed by atoms with Gasteiger partial charge in [-0.15, -0.1) is 0 Å². The zero-order valence-corrected chi connectivity index (χ0v) is 15.5. The van der Waals surface area contributed by atoms with Crippen molar-refractivity contribution in [3.05, 3.63) is 42.2 Å². The minimum Gasteiger partial charge on any atom is -0.493 e. The van der Waals surface area contributed by atoms with E-state index in [0.29, 0.717) is 0 Å². The number of hydrogen-bond donors (Lipinski definition) is 0. The van der Waals surface area contributed by atoms with Crippen LogP contribution in [0.5, 0.6) is 5.75 Å². The van der Waals surface area contributed by atoms with Crippen LogP contribution in [0.3, 0.4) is 0 Å². The number of rotatable bonds is 9. The molecule has 130 valence electrons. The van der Waals surface area contributed by atoms with E-state index in [0.717, 1.165) is 35.7 Å². The Morgan fingerprint density at radius 1 is 0.917 bits per heavy atom. The minimum atomic E-state index is 0.753. The first-order valence-corrected chi connectivity index (χ1v) is 8.99. The highest BCUT2D eigenvalue weighted by molar-refractivity contribution is 5.55. The minimum absolute atomic E-state index is 0.753. The molecule has 1 aromatic heterocycles. The predicted molar refractivity (Wildman–Crippen MR) is 99.1 cm³/mol. The number of ether oxygens (including phenoxy) is 1. The molecule has 2 rings (SSSR count). The van der Waals surface area contributed by atoms with Gasteiger partial charge in [0.1, 0.15) is 5.75 Å². The lowest BCUT2D eigenvalue weighted by molar-refractivity contribution is -0.923. The van der Waals surface area contributed by atoms with E-state index < -0.39 is 0 Å². The SMILES string of the molecule is CC[N+](CC)(CC)CCCOc1ccc(-c2ncc(C)cn2)cc1. The van der Waals surface area contributed by atoms with Gasteiger partial charge in [-0.3, -0.25) is 0 Å². The largest absolute Gasteiger partial charge is 0.493 e. The molecule has 1 heterocycles. The fraction of sp³-hybridized carbons (Fsp3) is 0.500. The summed E-state index contributed by atoms with van der Waals surface area (Å²) in [6.07, 6.45) is 4.76. The van der Waals surface area contributed by atoms with Crippen molar-refractivity contribution in [1.29, 1.82) is 0 Å². The molecule has 0 fully saturated rings. The molecule has 0 N–H and O–H groups in total. The number of nitrogens with zero attached hydrogens (tertiary/aromatic N) is 3. The number of benzene rings is 1. The van der Waals surface area contributed by atoms with Gasteiger partial charge in [-0.05, 0) is 57.5 Å². The monoisotopic (exact) mass is 328 g/mol. The smallest absolute Gasteiger partial charge is 0.159 e. The summed E-state index contributed by atoms with van der Waals surface area (Å²) in [6, 6.07) is 8.04. The summed E-state index contributed by atoms with van der Waals surface area (Å²) in [5.74, 6) is 1.66. The van der Waals surface area contributed by atoms with Crippen LogP contribution >= 0.6 is 0 Å². The van der Waals surface area contributed by atoms with Gasteiger partial charge in [0.15, 0.2) is 5.82 Å². The molecule has 0 unspecified atom stereocenters. The van der Waals surface area contributed by atoms with E-state index in [-0.39, 0.29) is 0 Å². The normalized spacial score (nSPS) is 11.5. The Labute approximate surface area is 146 Å². The molecule has 0 bridgehead atoms. The maximum Gasteiger partial charge on any atom is 0.159 e. The molecule has 0 aliphatic carbocycles. The van der Waals surface area contributed by atoms with Crippen LogP contribution in [0.2, 0.25) is 0 Å². The molecule has 4 nitrogen and oxygen atoms in total. The van der Waals surface area contributed by atoms with Gasteiger partial charge in [0, 0.05) is 24.4 Å². The molecule has 2 aromatic rings. The Morgan fingerprint density at radius 2 is 1.50 bits per heavy atom. The van der Waals surface area contributed by atoms with Gasteiger partial charge < -0.3 is 9.22 Å². The highest BCUT2D eigenvalue weighted by atomic mass is 16.5. The summed E-state index contributed by atoms with van der Waals surface area (Å²) in [7, 11) is 0. The van der Waals surface area contributed by atoms with E-state index in [1.807, 2.05) is 43.6 Å². The molecule has 0 spiro atoms.